The van der Waals surface area contributed by atoms with Crippen molar-refractivity contribution in [3.05, 3.63) is 71.6 Å². The van der Waals surface area contributed by atoms with E-state index in [4.69, 9.17) is 17.8 Å². The lowest BCUT2D eigenvalue weighted by molar-refractivity contribution is -0.159. The summed E-state index contributed by atoms with van der Waals surface area (Å²) in [7, 11) is 0.745. The van der Waals surface area contributed by atoms with Gasteiger partial charge in [0, 0.05) is 14.0 Å². The highest BCUT2D eigenvalue weighted by Crippen LogP contribution is 2.63. The van der Waals surface area contributed by atoms with Crippen LogP contribution in [-0.2, 0) is 30.2 Å². The fraction of sp³-hybridized carbons (Fsp3) is 0.348. The molecule has 0 saturated carbocycles. The molecule has 5 atom stereocenters. The number of carbonyl (C=O) groups excluding carboxylic acids is 2. The molecule has 0 aliphatic carbocycles. The van der Waals surface area contributed by atoms with Crippen molar-refractivity contribution < 1.29 is 9.59 Å². The zero-order chi connectivity index (χ0) is 21.5. The van der Waals surface area contributed by atoms with Gasteiger partial charge in [0.05, 0.1) is 6.42 Å². The van der Waals surface area contributed by atoms with Crippen molar-refractivity contribution >= 4 is 32.5 Å². The SMILES string of the molecule is [C-]#[N+][C@@]1(C)C[C@]23C(=O)N(C)[C@](C)(C(=O)N2[C@H]1c1ccc(-c2ccccc2)cc1)S3=S. The van der Waals surface area contributed by atoms with Gasteiger partial charge in [-0.1, -0.05) is 54.6 Å². The molecule has 2 aromatic rings. The van der Waals surface area contributed by atoms with Gasteiger partial charge in [0.1, 0.15) is 6.04 Å². The first kappa shape index (κ1) is 19.4. The normalized spacial score (nSPS) is 36.9. The molecule has 2 bridgehead atoms. The van der Waals surface area contributed by atoms with Crippen LogP contribution in [0, 0.1) is 6.57 Å². The van der Waals surface area contributed by atoms with E-state index in [1.54, 1.807) is 18.9 Å². The Balaban J connectivity index is 1.64. The number of benzene rings is 2. The zero-order valence-corrected chi connectivity index (χ0v) is 18.6. The molecule has 3 aliphatic heterocycles. The summed E-state index contributed by atoms with van der Waals surface area (Å²) in [5.74, 6) is -0.256. The van der Waals surface area contributed by atoms with Gasteiger partial charge in [-0.15, -0.1) is 0 Å². The van der Waals surface area contributed by atoms with Crippen LogP contribution in [0.25, 0.3) is 16.0 Å². The highest BCUT2D eigenvalue weighted by molar-refractivity contribution is 8.31. The molecule has 2 aromatic carbocycles. The predicted octanol–water partition coefficient (Wildman–Crippen LogP) is 3.28. The second kappa shape index (κ2) is 5.99. The van der Waals surface area contributed by atoms with Gasteiger partial charge in [-0.05, 0) is 44.3 Å². The number of nitrogens with zero attached hydrogens (tertiary/aromatic N) is 3. The summed E-state index contributed by atoms with van der Waals surface area (Å²) in [4.78, 5) is 32.0. The molecule has 0 radical (unpaired) electrons. The van der Waals surface area contributed by atoms with Gasteiger partial charge in [0.25, 0.3) is 17.4 Å². The Morgan fingerprint density at radius 1 is 1.03 bits per heavy atom. The number of amides is 2. The van der Waals surface area contributed by atoms with Crippen molar-refractivity contribution in [3.63, 3.8) is 0 Å². The summed E-state index contributed by atoms with van der Waals surface area (Å²) in [6, 6.07) is 17.5. The number of carbonyl (C=O) groups is 2. The van der Waals surface area contributed by atoms with Gasteiger partial charge >= 0.3 is 0 Å². The third-order valence-electron chi connectivity index (χ3n) is 6.99. The number of piperazine rings is 1. The second-order valence-electron chi connectivity index (χ2n) is 8.61. The Morgan fingerprint density at radius 3 is 2.23 bits per heavy atom. The van der Waals surface area contributed by atoms with Crippen LogP contribution < -0.4 is 0 Å². The summed E-state index contributed by atoms with van der Waals surface area (Å²) < 4.78 is 0. The van der Waals surface area contributed by atoms with E-state index in [1.807, 2.05) is 61.5 Å². The van der Waals surface area contributed by atoms with Crippen LogP contribution in [0.4, 0.5) is 0 Å². The molecule has 1 unspecified atom stereocenters. The largest absolute Gasteiger partial charge is 0.320 e. The van der Waals surface area contributed by atoms with Crippen molar-refractivity contribution in [1.29, 1.82) is 0 Å². The van der Waals surface area contributed by atoms with Crippen LogP contribution in [0.5, 0.6) is 0 Å². The molecule has 3 fully saturated rings. The molecule has 3 heterocycles. The molecule has 2 amide bonds. The first-order valence-corrected chi connectivity index (χ1v) is 11.9. The Bertz CT molecular complexity index is 1160. The van der Waals surface area contributed by atoms with Gasteiger partial charge in [-0.2, -0.15) is 0 Å². The van der Waals surface area contributed by atoms with Crippen LogP contribution in [0.1, 0.15) is 31.9 Å². The Labute approximate surface area is 183 Å². The van der Waals surface area contributed by atoms with Gasteiger partial charge in [-0.25, -0.2) is 6.57 Å². The van der Waals surface area contributed by atoms with Gasteiger partial charge in [0.15, 0.2) is 9.74 Å². The zero-order valence-electron chi connectivity index (χ0n) is 17.0. The number of rotatable bonds is 2. The van der Waals surface area contributed by atoms with Crippen molar-refractivity contribution in [2.75, 3.05) is 7.05 Å². The van der Waals surface area contributed by atoms with Crippen LogP contribution in [0.3, 0.4) is 0 Å². The molecule has 152 valence electrons. The average Bonchev–Trinajstić information content (AvgIpc) is 3.20. The Kier molecular flexibility index (Phi) is 3.88. The van der Waals surface area contributed by atoms with Crippen LogP contribution in [0.15, 0.2) is 54.6 Å². The maximum Gasteiger partial charge on any atom is 0.261 e. The molecule has 0 N–H and O–H groups in total. The van der Waals surface area contributed by atoms with E-state index in [9.17, 15) is 9.59 Å². The maximum absolute atomic E-state index is 13.6. The van der Waals surface area contributed by atoms with E-state index in [2.05, 4.69) is 4.85 Å². The second-order valence-corrected chi connectivity index (χ2v) is 11.6. The molecular formula is C23H21N3O2S2. The molecule has 0 aromatic heterocycles. The lowest BCUT2D eigenvalue weighted by Gasteiger charge is -2.38. The summed E-state index contributed by atoms with van der Waals surface area (Å²) in [6.07, 6.45) is 0.283. The first-order chi connectivity index (χ1) is 14.2. The number of hydrogen-bond donors (Lipinski definition) is 0. The fourth-order valence-corrected chi connectivity index (χ4v) is 8.81. The molecule has 3 saturated heterocycles. The topological polar surface area (TPSA) is 45.0 Å². The predicted molar refractivity (Wildman–Crippen MR) is 120 cm³/mol. The Morgan fingerprint density at radius 2 is 1.63 bits per heavy atom. The average molecular weight is 436 g/mol. The van der Waals surface area contributed by atoms with E-state index in [1.165, 1.54) is 4.90 Å². The summed E-state index contributed by atoms with van der Waals surface area (Å²) in [5, 5.41) is 0. The molecular weight excluding hydrogens is 414 g/mol. The minimum atomic E-state index is -1.09. The van der Waals surface area contributed by atoms with Gasteiger partial charge in [-0.3, -0.25) is 9.59 Å². The monoisotopic (exact) mass is 435 g/mol. The number of fused-ring (bicyclic) bond motifs is 1. The summed E-state index contributed by atoms with van der Waals surface area (Å²) in [5.41, 5.74) is 2.14. The molecule has 1 spiro atoms. The maximum atomic E-state index is 13.6. The third-order valence-corrected chi connectivity index (χ3v) is 11.1. The van der Waals surface area contributed by atoms with E-state index < -0.39 is 30.8 Å². The van der Waals surface area contributed by atoms with Gasteiger partial charge in [0.2, 0.25) is 0 Å². The van der Waals surface area contributed by atoms with E-state index in [0.29, 0.717) is 0 Å². The summed E-state index contributed by atoms with van der Waals surface area (Å²) in [6.45, 7) is 11.6. The fourth-order valence-electron chi connectivity index (χ4n) is 5.30. The molecule has 7 heteroatoms. The van der Waals surface area contributed by atoms with Crippen LogP contribution >= 0.6 is 0 Å². The minimum Gasteiger partial charge on any atom is -0.320 e. The smallest absolute Gasteiger partial charge is 0.261 e. The highest BCUT2D eigenvalue weighted by atomic mass is 32.8. The highest BCUT2D eigenvalue weighted by Gasteiger charge is 2.82. The summed E-state index contributed by atoms with van der Waals surface area (Å²) >= 11 is 5.82. The molecule has 5 rings (SSSR count). The van der Waals surface area contributed by atoms with Gasteiger partial charge < -0.3 is 14.6 Å². The molecule has 3 aliphatic rings. The molecule has 30 heavy (non-hydrogen) atoms. The lowest BCUT2D eigenvalue weighted by Crippen LogP contribution is -2.60. The molecule has 5 nitrogen and oxygen atoms in total. The quantitative estimate of drug-likeness (QED) is 0.680. The lowest BCUT2D eigenvalue weighted by atomic mass is 9.86. The van der Waals surface area contributed by atoms with E-state index in [0.717, 1.165) is 16.7 Å². The number of likely N-dealkylation sites (N-methyl/N-ethyl adjacent to an activating group) is 1. The standard InChI is InChI=1S/C23H21N3O2S2/c1-21(24-3)14-23-20(28)25(4)22(2,30(23)29)19(27)26(23)18(21)17-12-10-16(11-13-17)15-8-6-5-7-9-15/h5-13,18H,14H2,1-2,4H3/t18-,21-,22-,23-,30?/m0/s1. The van der Waals surface area contributed by atoms with Crippen molar-refractivity contribution in [1.82, 2.24) is 9.80 Å². The van der Waals surface area contributed by atoms with Crippen molar-refractivity contribution in [2.45, 2.75) is 41.6 Å². The van der Waals surface area contributed by atoms with E-state index in [-0.39, 0.29) is 18.2 Å². The third kappa shape index (κ3) is 2.03. The Hall–Kier alpha value is -2.56. The minimum absolute atomic E-state index is 0.124. The number of hydrogen-bond acceptors (Lipinski definition) is 3. The van der Waals surface area contributed by atoms with E-state index >= 15 is 0 Å². The van der Waals surface area contributed by atoms with Crippen molar-refractivity contribution in [2.24, 2.45) is 0 Å². The van der Waals surface area contributed by atoms with Crippen LogP contribution in [-0.4, -0.2) is 43.9 Å². The van der Waals surface area contributed by atoms with Crippen LogP contribution in [0.2, 0.25) is 0 Å². The van der Waals surface area contributed by atoms with Crippen molar-refractivity contribution in [3.8, 4) is 11.1 Å². The first-order valence-electron chi connectivity index (χ1n) is 9.80.